The van der Waals surface area contributed by atoms with Gasteiger partial charge in [0.1, 0.15) is 0 Å². The largest absolute Gasteiger partial charge is 0.367 e. The second kappa shape index (κ2) is 6.78. The summed E-state index contributed by atoms with van der Waals surface area (Å²) < 4.78 is 5.85. The van der Waals surface area contributed by atoms with Crippen molar-refractivity contribution in [2.45, 2.75) is 30.4 Å². The fraction of sp³-hybridized carbons (Fsp3) is 0.533. The average Bonchev–Trinajstić information content (AvgIpc) is 2.45. The minimum atomic E-state index is -0.406. The van der Waals surface area contributed by atoms with Crippen LogP contribution in [0.1, 0.15) is 24.2 Å². The van der Waals surface area contributed by atoms with Gasteiger partial charge in [0.25, 0.3) is 5.91 Å². The Morgan fingerprint density at radius 3 is 2.86 bits per heavy atom. The molecule has 1 aliphatic rings. The van der Waals surface area contributed by atoms with Crippen LogP contribution in [0.5, 0.6) is 0 Å². The van der Waals surface area contributed by atoms with E-state index in [1.54, 1.807) is 22.7 Å². The number of rotatable bonds is 3. The molecule has 0 radical (unpaired) electrons. The maximum atomic E-state index is 12.8. The second-order valence-corrected chi connectivity index (χ2v) is 7.28. The van der Waals surface area contributed by atoms with Crippen molar-refractivity contribution in [2.24, 2.45) is 0 Å². The normalized spacial score (nSPS) is 21.4. The van der Waals surface area contributed by atoms with E-state index in [-0.39, 0.29) is 12.0 Å². The van der Waals surface area contributed by atoms with Crippen LogP contribution >= 0.6 is 35.0 Å². The van der Waals surface area contributed by atoms with Crippen molar-refractivity contribution in [3.05, 3.63) is 28.8 Å². The summed E-state index contributed by atoms with van der Waals surface area (Å²) in [5.74, 6) is 0.300. The molecule has 0 spiro atoms. The Morgan fingerprint density at radius 1 is 1.52 bits per heavy atom. The topological polar surface area (TPSA) is 29.5 Å². The Bertz CT molecular complexity index is 536. The van der Waals surface area contributed by atoms with E-state index in [1.807, 2.05) is 32.2 Å². The van der Waals surface area contributed by atoms with Crippen molar-refractivity contribution >= 4 is 40.9 Å². The van der Waals surface area contributed by atoms with E-state index in [1.165, 1.54) is 0 Å². The standard InChI is InChI=1S/C15H19Cl2NO2S/c1-15(2)9-18(8-10(7-16)20-15)14(19)12-6-11(21-3)4-5-13(12)17/h4-6,10H,7-9H2,1-3H3. The number of morpholine rings is 1. The van der Waals surface area contributed by atoms with Gasteiger partial charge in [0.2, 0.25) is 0 Å². The minimum absolute atomic E-state index is 0.0672. The Kier molecular flexibility index (Phi) is 5.47. The highest BCUT2D eigenvalue weighted by Gasteiger charge is 2.36. The summed E-state index contributed by atoms with van der Waals surface area (Å²) in [7, 11) is 0. The predicted octanol–water partition coefficient (Wildman–Crippen LogP) is 3.92. The molecule has 1 amide bonds. The van der Waals surface area contributed by atoms with E-state index in [2.05, 4.69) is 0 Å². The highest BCUT2D eigenvalue weighted by Crippen LogP contribution is 2.27. The van der Waals surface area contributed by atoms with Crippen LogP contribution in [0.4, 0.5) is 0 Å². The molecule has 1 aromatic carbocycles. The SMILES string of the molecule is CSc1ccc(Cl)c(C(=O)N2CC(CCl)OC(C)(C)C2)c1. The number of amides is 1. The van der Waals surface area contributed by atoms with Crippen LogP contribution < -0.4 is 0 Å². The van der Waals surface area contributed by atoms with Gasteiger partial charge in [0.15, 0.2) is 0 Å². The van der Waals surface area contributed by atoms with E-state index >= 15 is 0 Å². The summed E-state index contributed by atoms with van der Waals surface area (Å²) in [5, 5.41) is 0.476. The smallest absolute Gasteiger partial charge is 0.255 e. The number of carbonyl (C=O) groups is 1. The number of thioether (sulfide) groups is 1. The number of carbonyl (C=O) groups excluding carboxylic acids is 1. The summed E-state index contributed by atoms with van der Waals surface area (Å²) in [6.45, 7) is 4.95. The third kappa shape index (κ3) is 4.07. The molecule has 0 N–H and O–H groups in total. The van der Waals surface area contributed by atoms with Crippen molar-refractivity contribution in [3.63, 3.8) is 0 Å². The van der Waals surface area contributed by atoms with Crippen molar-refractivity contribution in [1.82, 2.24) is 4.90 Å². The summed E-state index contributed by atoms with van der Waals surface area (Å²) >= 11 is 13.7. The number of benzene rings is 1. The van der Waals surface area contributed by atoms with Crippen molar-refractivity contribution in [2.75, 3.05) is 25.2 Å². The van der Waals surface area contributed by atoms with Gasteiger partial charge in [-0.15, -0.1) is 23.4 Å². The lowest BCUT2D eigenvalue weighted by Gasteiger charge is -2.42. The molecule has 1 atom stereocenters. The zero-order valence-corrected chi connectivity index (χ0v) is 14.7. The van der Waals surface area contributed by atoms with Gasteiger partial charge in [-0.1, -0.05) is 11.6 Å². The number of hydrogen-bond acceptors (Lipinski definition) is 3. The molecule has 3 nitrogen and oxygen atoms in total. The van der Waals surface area contributed by atoms with Crippen LogP contribution in [0.3, 0.4) is 0 Å². The van der Waals surface area contributed by atoms with E-state index in [4.69, 9.17) is 27.9 Å². The third-order valence-electron chi connectivity index (χ3n) is 3.34. The summed E-state index contributed by atoms with van der Waals surface area (Å²) in [6, 6.07) is 5.52. The molecule has 0 bridgehead atoms. The van der Waals surface area contributed by atoms with Crippen molar-refractivity contribution < 1.29 is 9.53 Å². The molecular formula is C15H19Cl2NO2S. The van der Waals surface area contributed by atoms with Gasteiger partial charge in [0.05, 0.1) is 28.2 Å². The maximum absolute atomic E-state index is 12.8. The molecule has 1 saturated heterocycles. The first-order valence-corrected chi connectivity index (χ1v) is 8.86. The lowest BCUT2D eigenvalue weighted by atomic mass is 10.0. The Morgan fingerprint density at radius 2 is 2.24 bits per heavy atom. The van der Waals surface area contributed by atoms with Crippen LogP contribution in [0.25, 0.3) is 0 Å². The first-order valence-electron chi connectivity index (χ1n) is 6.73. The van der Waals surface area contributed by atoms with Gasteiger partial charge in [-0.05, 0) is 38.3 Å². The molecule has 1 aromatic rings. The van der Waals surface area contributed by atoms with E-state index < -0.39 is 5.60 Å². The van der Waals surface area contributed by atoms with Crippen molar-refractivity contribution in [3.8, 4) is 0 Å². The molecule has 0 aliphatic carbocycles. The van der Waals surface area contributed by atoms with Crippen molar-refractivity contribution in [1.29, 1.82) is 0 Å². The molecule has 0 aromatic heterocycles. The molecule has 1 unspecified atom stereocenters. The van der Waals surface area contributed by atoms with E-state index in [0.29, 0.717) is 29.6 Å². The monoisotopic (exact) mass is 347 g/mol. The predicted molar refractivity (Wildman–Crippen MR) is 88.8 cm³/mol. The molecule has 1 fully saturated rings. The molecule has 1 aliphatic heterocycles. The Labute approximate surface area is 139 Å². The van der Waals surface area contributed by atoms with Crippen LogP contribution in [0.15, 0.2) is 23.1 Å². The highest BCUT2D eigenvalue weighted by molar-refractivity contribution is 7.98. The molecule has 6 heteroatoms. The summed E-state index contributed by atoms with van der Waals surface area (Å²) in [5.41, 5.74) is 0.131. The molecule has 21 heavy (non-hydrogen) atoms. The van der Waals surface area contributed by atoms with Gasteiger partial charge >= 0.3 is 0 Å². The van der Waals surface area contributed by atoms with Gasteiger partial charge in [-0.3, -0.25) is 4.79 Å². The number of halogens is 2. The number of alkyl halides is 1. The molecule has 2 rings (SSSR count). The lowest BCUT2D eigenvalue weighted by molar-refractivity contribution is -0.117. The summed E-state index contributed by atoms with van der Waals surface area (Å²) in [6.07, 6.45) is 1.82. The maximum Gasteiger partial charge on any atom is 0.255 e. The average molecular weight is 348 g/mol. The number of ether oxygens (including phenoxy) is 1. The minimum Gasteiger partial charge on any atom is -0.367 e. The van der Waals surface area contributed by atoms with E-state index in [9.17, 15) is 4.79 Å². The molecule has 116 valence electrons. The molecular weight excluding hydrogens is 329 g/mol. The third-order valence-corrected chi connectivity index (χ3v) is 4.74. The van der Waals surface area contributed by atoms with Gasteiger partial charge in [0, 0.05) is 18.0 Å². The lowest BCUT2D eigenvalue weighted by Crippen LogP contribution is -2.55. The van der Waals surface area contributed by atoms with Gasteiger partial charge < -0.3 is 9.64 Å². The zero-order chi connectivity index (χ0) is 15.6. The number of hydrogen-bond donors (Lipinski definition) is 0. The number of nitrogens with zero attached hydrogens (tertiary/aromatic N) is 1. The molecule has 0 saturated carbocycles. The van der Waals surface area contributed by atoms with Gasteiger partial charge in [-0.25, -0.2) is 0 Å². The first kappa shape index (κ1) is 16.9. The van der Waals surface area contributed by atoms with Crippen LogP contribution in [-0.4, -0.2) is 47.7 Å². The fourth-order valence-corrected chi connectivity index (χ4v) is 3.30. The molecule has 1 heterocycles. The zero-order valence-electron chi connectivity index (χ0n) is 12.4. The van der Waals surface area contributed by atoms with Crippen LogP contribution in [0.2, 0.25) is 5.02 Å². The van der Waals surface area contributed by atoms with Crippen LogP contribution in [0, 0.1) is 0 Å². The second-order valence-electron chi connectivity index (χ2n) is 5.69. The van der Waals surface area contributed by atoms with Gasteiger partial charge in [-0.2, -0.15) is 0 Å². The van der Waals surface area contributed by atoms with Crippen LogP contribution in [-0.2, 0) is 4.74 Å². The Hall–Kier alpha value is -0.420. The highest BCUT2D eigenvalue weighted by atomic mass is 35.5. The quantitative estimate of drug-likeness (QED) is 0.613. The fourth-order valence-electron chi connectivity index (χ4n) is 2.50. The Balaban J connectivity index is 2.26. The first-order chi connectivity index (χ1) is 9.86. The summed E-state index contributed by atoms with van der Waals surface area (Å²) in [4.78, 5) is 15.6. The van der Waals surface area contributed by atoms with E-state index in [0.717, 1.165) is 4.90 Å².